The molecule has 0 fully saturated rings. The Balaban J connectivity index is 1.52. The number of sulfonamides is 1. The Morgan fingerprint density at radius 1 is 1.21 bits per heavy atom. The maximum absolute atomic E-state index is 13.6. The number of fused-ring (bicyclic) bond motifs is 2. The van der Waals surface area contributed by atoms with Crippen LogP contribution in [0.4, 0.5) is 0 Å². The minimum atomic E-state index is -3.99. The highest BCUT2D eigenvalue weighted by atomic mass is 35.5. The van der Waals surface area contributed by atoms with E-state index in [1.807, 2.05) is 6.07 Å². The number of carboxylic acids is 1. The van der Waals surface area contributed by atoms with Crippen molar-refractivity contribution in [3.05, 3.63) is 80.3 Å². The van der Waals surface area contributed by atoms with Crippen molar-refractivity contribution in [1.29, 1.82) is 5.26 Å². The zero-order chi connectivity index (χ0) is 30.3. The van der Waals surface area contributed by atoms with Crippen LogP contribution in [-0.4, -0.2) is 59.0 Å². The average Bonchev–Trinajstić information content (AvgIpc) is 3.39. The first kappa shape index (κ1) is 29.2. The molecule has 42 heavy (non-hydrogen) atoms. The molecule has 5 rings (SSSR count). The van der Waals surface area contributed by atoms with Crippen molar-refractivity contribution in [3.63, 3.8) is 0 Å². The Morgan fingerprint density at radius 3 is 2.67 bits per heavy atom. The van der Waals surface area contributed by atoms with Crippen molar-refractivity contribution in [2.75, 3.05) is 20.7 Å². The minimum absolute atomic E-state index is 0.0131. The molecule has 0 bridgehead atoms. The summed E-state index contributed by atoms with van der Waals surface area (Å²) in [5, 5.41) is 21.3. The number of hydrogen-bond donors (Lipinski definition) is 1. The molecule has 3 heterocycles. The Morgan fingerprint density at radius 2 is 1.98 bits per heavy atom. The van der Waals surface area contributed by atoms with E-state index in [2.05, 4.69) is 9.97 Å². The molecule has 0 spiro atoms. The molecule has 0 aliphatic rings. The maximum Gasteiger partial charge on any atom is 0.338 e. The molecule has 3 aromatic heterocycles. The SMILES string of the molecule is Cc1nc2ccc(S(=O)(=O)N(C)C)c(C#N)c2c(=O)n1CCOc1ccc(Cl)cc1-c1ccnc2c(C(=O)O)csc12. The highest BCUT2D eigenvalue weighted by Crippen LogP contribution is 2.39. The Kier molecular flexibility index (Phi) is 7.74. The van der Waals surface area contributed by atoms with E-state index in [9.17, 15) is 28.4 Å². The van der Waals surface area contributed by atoms with Gasteiger partial charge in [0.2, 0.25) is 10.0 Å². The highest BCUT2D eigenvalue weighted by molar-refractivity contribution is 7.89. The summed E-state index contributed by atoms with van der Waals surface area (Å²) < 4.78 is 34.7. The number of nitrogens with zero attached hydrogens (tertiary/aromatic N) is 5. The third-order valence-corrected chi connectivity index (χ3v) is 9.73. The van der Waals surface area contributed by atoms with Crippen LogP contribution in [0.15, 0.2) is 57.7 Å². The molecule has 11 nitrogen and oxygen atoms in total. The smallest absolute Gasteiger partial charge is 0.338 e. The molecule has 0 atom stereocenters. The number of aromatic carboxylic acids is 1. The van der Waals surface area contributed by atoms with Gasteiger partial charge in [-0.15, -0.1) is 11.3 Å². The van der Waals surface area contributed by atoms with Gasteiger partial charge in [0.1, 0.15) is 29.1 Å². The van der Waals surface area contributed by atoms with Crippen LogP contribution in [0.2, 0.25) is 5.02 Å². The molecule has 14 heteroatoms. The first-order valence-corrected chi connectivity index (χ1v) is 15.0. The van der Waals surface area contributed by atoms with E-state index in [0.717, 1.165) is 4.31 Å². The van der Waals surface area contributed by atoms with Crippen molar-refractivity contribution >= 4 is 60.0 Å². The second-order valence-corrected chi connectivity index (χ2v) is 12.8. The second kappa shape index (κ2) is 11.1. The zero-order valence-electron chi connectivity index (χ0n) is 22.5. The molecule has 214 valence electrons. The van der Waals surface area contributed by atoms with Crippen LogP contribution in [0.25, 0.3) is 32.2 Å². The van der Waals surface area contributed by atoms with Crippen LogP contribution in [0.5, 0.6) is 5.75 Å². The fourth-order valence-electron chi connectivity index (χ4n) is 4.57. The number of aromatic nitrogens is 3. The van der Waals surface area contributed by atoms with Gasteiger partial charge in [-0.05, 0) is 43.3 Å². The lowest BCUT2D eigenvalue weighted by molar-refractivity contribution is 0.0699. The standard InChI is InChI=1S/C28H22ClN5O6S2/c1-15-32-21-5-7-23(42(38,39)33(2)3)19(13-30)24(21)27(35)34(15)10-11-40-22-6-4-16(29)12-18(22)17-8-9-31-25-20(28(36)37)14-41-26(17)25/h4-9,12,14H,10-11H2,1-3H3,(H,36,37). The summed E-state index contributed by atoms with van der Waals surface area (Å²) in [4.78, 5) is 33.6. The number of pyridine rings is 1. The van der Waals surface area contributed by atoms with Gasteiger partial charge in [-0.2, -0.15) is 5.26 Å². The Bertz CT molecular complexity index is 2120. The van der Waals surface area contributed by atoms with Gasteiger partial charge in [0.15, 0.2) is 0 Å². The normalized spacial score (nSPS) is 11.7. The van der Waals surface area contributed by atoms with Crippen LogP contribution in [0.3, 0.4) is 0 Å². The molecule has 0 unspecified atom stereocenters. The molecule has 0 aliphatic heterocycles. The fourth-order valence-corrected chi connectivity index (χ4v) is 6.81. The van der Waals surface area contributed by atoms with E-state index < -0.39 is 21.6 Å². The van der Waals surface area contributed by atoms with Crippen molar-refractivity contribution in [1.82, 2.24) is 18.8 Å². The summed E-state index contributed by atoms with van der Waals surface area (Å²) in [6, 6.07) is 11.3. The Labute approximate surface area is 248 Å². The second-order valence-electron chi connectivity index (χ2n) is 9.33. The minimum Gasteiger partial charge on any atom is -0.491 e. The quantitative estimate of drug-likeness (QED) is 0.262. The molecule has 1 N–H and O–H groups in total. The number of nitriles is 1. The largest absolute Gasteiger partial charge is 0.491 e. The summed E-state index contributed by atoms with van der Waals surface area (Å²) in [5.74, 6) is -0.284. The average molecular weight is 624 g/mol. The number of thiophene rings is 1. The number of hydrogen-bond acceptors (Lipinski definition) is 9. The lowest BCUT2D eigenvalue weighted by atomic mass is 10.0. The van der Waals surface area contributed by atoms with Crippen LogP contribution < -0.4 is 10.3 Å². The van der Waals surface area contributed by atoms with E-state index in [1.165, 1.54) is 53.7 Å². The van der Waals surface area contributed by atoms with E-state index in [-0.39, 0.29) is 40.1 Å². The van der Waals surface area contributed by atoms with Crippen LogP contribution >= 0.6 is 22.9 Å². The van der Waals surface area contributed by atoms with Crippen molar-refractivity contribution in [2.45, 2.75) is 18.4 Å². The topological polar surface area (TPSA) is 155 Å². The van der Waals surface area contributed by atoms with Gasteiger partial charge in [0.05, 0.1) is 38.8 Å². The molecule has 0 saturated heterocycles. The number of carbonyl (C=O) groups is 1. The zero-order valence-corrected chi connectivity index (χ0v) is 24.8. The van der Waals surface area contributed by atoms with E-state index in [4.69, 9.17) is 16.3 Å². The molecule has 0 amide bonds. The first-order valence-electron chi connectivity index (χ1n) is 12.3. The molecular formula is C28H22ClN5O6S2. The van der Waals surface area contributed by atoms with Crippen LogP contribution in [0, 0.1) is 18.3 Å². The number of aryl methyl sites for hydroxylation is 1. The predicted octanol–water partition coefficient (Wildman–Crippen LogP) is 4.53. The van der Waals surface area contributed by atoms with Gasteiger partial charge >= 0.3 is 5.97 Å². The lowest BCUT2D eigenvalue weighted by Crippen LogP contribution is -2.28. The van der Waals surface area contributed by atoms with Crippen molar-refractivity contribution < 1.29 is 23.1 Å². The maximum atomic E-state index is 13.6. The Hall–Kier alpha value is -4.35. The van der Waals surface area contributed by atoms with E-state index >= 15 is 0 Å². The van der Waals surface area contributed by atoms with E-state index in [0.29, 0.717) is 37.9 Å². The molecule has 5 aromatic rings. The molecule has 0 aliphatic carbocycles. The summed E-state index contributed by atoms with van der Waals surface area (Å²) >= 11 is 7.55. The van der Waals surface area contributed by atoms with Gasteiger partial charge in [0, 0.05) is 41.8 Å². The predicted molar refractivity (Wildman–Crippen MR) is 159 cm³/mol. The van der Waals surface area contributed by atoms with Gasteiger partial charge in [-0.25, -0.2) is 22.5 Å². The van der Waals surface area contributed by atoms with Gasteiger partial charge < -0.3 is 9.84 Å². The molecular weight excluding hydrogens is 602 g/mol. The van der Waals surface area contributed by atoms with Crippen molar-refractivity contribution in [2.24, 2.45) is 0 Å². The molecule has 2 aromatic carbocycles. The first-order chi connectivity index (χ1) is 19.9. The summed E-state index contributed by atoms with van der Waals surface area (Å²) in [7, 11) is -1.31. The molecule has 0 radical (unpaired) electrons. The third-order valence-electron chi connectivity index (χ3n) is 6.64. The summed E-state index contributed by atoms with van der Waals surface area (Å²) in [6.45, 7) is 1.69. The third kappa shape index (κ3) is 4.99. The monoisotopic (exact) mass is 623 g/mol. The van der Waals surface area contributed by atoms with E-state index in [1.54, 1.807) is 31.2 Å². The highest BCUT2D eigenvalue weighted by Gasteiger charge is 2.25. The summed E-state index contributed by atoms with van der Waals surface area (Å²) in [5.41, 5.74) is 1.11. The van der Waals surface area contributed by atoms with Crippen molar-refractivity contribution in [3.8, 4) is 22.9 Å². The molecule has 0 saturated carbocycles. The number of halogens is 1. The van der Waals surface area contributed by atoms with Gasteiger partial charge in [0.25, 0.3) is 5.56 Å². The van der Waals surface area contributed by atoms with Crippen LogP contribution in [-0.2, 0) is 16.6 Å². The van der Waals surface area contributed by atoms with Crippen LogP contribution in [0.1, 0.15) is 21.7 Å². The number of rotatable bonds is 8. The summed E-state index contributed by atoms with van der Waals surface area (Å²) in [6.07, 6.45) is 1.52. The number of ether oxygens (including phenoxy) is 1. The number of benzene rings is 2. The number of carboxylic acid groups (broad SMARTS) is 1. The van der Waals surface area contributed by atoms with Gasteiger partial charge in [-0.1, -0.05) is 11.6 Å². The van der Waals surface area contributed by atoms with Gasteiger partial charge in [-0.3, -0.25) is 14.3 Å². The lowest BCUT2D eigenvalue weighted by Gasteiger charge is -2.16. The fraction of sp³-hybridized carbons (Fsp3) is 0.179.